The van der Waals surface area contributed by atoms with E-state index >= 15 is 0 Å². The van der Waals surface area contributed by atoms with Gasteiger partial charge in [0, 0.05) is 51.0 Å². The number of para-hydroxylation sites is 2. The number of thiophene rings is 1. The average molecular weight is 580 g/mol. The van der Waals surface area contributed by atoms with Gasteiger partial charge in [0.1, 0.15) is 5.00 Å². The van der Waals surface area contributed by atoms with Gasteiger partial charge in [-0.3, -0.25) is 4.79 Å². The van der Waals surface area contributed by atoms with Crippen LogP contribution in [-0.4, -0.2) is 16.7 Å². The standard InChI is InChI=1S/C35H34ClN3OS/c1-35(2,3)25-15-18-29-31(19-25)41-34(32(29)33(40)38-27-9-5-4-6-10-27)37-20-24-22-39(30-12-8-7-11-28(24)30)21-23-13-16-26(36)17-14-23/h4-14,16-17,20,22,25H,15,18-19,21H2,1-3H3,(H,38,40)/t25-/m1/s1. The average Bonchev–Trinajstić information content (AvgIpc) is 3.50. The van der Waals surface area contributed by atoms with Gasteiger partial charge < -0.3 is 9.88 Å². The lowest BCUT2D eigenvalue weighted by Gasteiger charge is -2.33. The molecule has 4 nitrogen and oxygen atoms in total. The number of nitrogens with one attached hydrogen (secondary N) is 1. The lowest BCUT2D eigenvalue weighted by Crippen LogP contribution is -2.27. The molecule has 2 heterocycles. The van der Waals surface area contributed by atoms with Crippen molar-refractivity contribution in [1.29, 1.82) is 0 Å². The number of amides is 1. The van der Waals surface area contributed by atoms with E-state index in [0.29, 0.717) is 5.92 Å². The molecule has 41 heavy (non-hydrogen) atoms. The van der Waals surface area contributed by atoms with Crippen LogP contribution in [0.15, 0.2) is 90.1 Å². The summed E-state index contributed by atoms with van der Waals surface area (Å²) in [5.41, 5.74) is 6.26. The first-order valence-electron chi connectivity index (χ1n) is 14.1. The Kier molecular flexibility index (Phi) is 7.58. The monoisotopic (exact) mass is 579 g/mol. The molecule has 3 aromatic carbocycles. The molecular weight excluding hydrogens is 546 g/mol. The highest BCUT2D eigenvalue weighted by Gasteiger charge is 2.33. The van der Waals surface area contributed by atoms with Crippen LogP contribution in [-0.2, 0) is 19.4 Å². The van der Waals surface area contributed by atoms with Gasteiger partial charge in [-0.05, 0) is 72.1 Å². The number of carbonyl (C=O) groups excluding carboxylic acids is 1. The third-order valence-electron chi connectivity index (χ3n) is 8.14. The second-order valence-corrected chi connectivity index (χ2v) is 13.4. The minimum Gasteiger partial charge on any atom is -0.342 e. The summed E-state index contributed by atoms with van der Waals surface area (Å²) in [6, 6.07) is 26.0. The van der Waals surface area contributed by atoms with Gasteiger partial charge in [-0.25, -0.2) is 4.99 Å². The smallest absolute Gasteiger partial charge is 0.259 e. The third-order valence-corrected chi connectivity index (χ3v) is 9.55. The Balaban J connectivity index is 1.37. The summed E-state index contributed by atoms with van der Waals surface area (Å²) in [7, 11) is 0. The number of carbonyl (C=O) groups is 1. The molecule has 6 heteroatoms. The van der Waals surface area contributed by atoms with Crippen LogP contribution in [0, 0.1) is 11.3 Å². The highest BCUT2D eigenvalue weighted by atomic mass is 35.5. The van der Waals surface area contributed by atoms with E-state index in [0.717, 1.165) is 63.5 Å². The fourth-order valence-corrected chi connectivity index (χ4v) is 7.17. The summed E-state index contributed by atoms with van der Waals surface area (Å²) in [6.07, 6.45) is 7.06. The number of aliphatic imine (C=N–C) groups is 1. The van der Waals surface area contributed by atoms with E-state index in [1.807, 2.05) is 48.7 Å². The van der Waals surface area contributed by atoms with Crippen LogP contribution in [0.1, 0.15) is 59.1 Å². The first-order valence-corrected chi connectivity index (χ1v) is 15.3. The van der Waals surface area contributed by atoms with Crippen molar-refractivity contribution in [3.63, 3.8) is 0 Å². The van der Waals surface area contributed by atoms with E-state index in [1.165, 1.54) is 16.0 Å². The lowest BCUT2D eigenvalue weighted by atomic mass is 9.72. The van der Waals surface area contributed by atoms with Crippen molar-refractivity contribution in [2.45, 2.75) is 46.6 Å². The van der Waals surface area contributed by atoms with E-state index < -0.39 is 0 Å². The number of halogens is 1. The van der Waals surface area contributed by atoms with E-state index in [9.17, 15) is 4.79 Å². The van der Waals surface area contributed by atoms with Crippen molar-refractivity contribution in [3.05, 3.63) is 117 Å². The maximum Gasteiger partial charge on any atom is 0.259 e. The van der Waals surface area contributed by atoms with Gasteiger partial charge in [0.15, 0.2) is 0 Å². The van der Waals surface area contributed by atoms with E-state index in [4.69, 9.17) is 16.6 Å². The number of rotatable bonds is 6. The number of hydrogen-bond donors (Lipinski definition) is 1. The molecule has 1 atom stereocenters. The highest BCUT2D eigenvalue weighted by molar-refractivity contribution is 7.16. The molecule has 5 aromatic rings. The van der Waals surface area contributed by atoms with Gasteiger partial charge in [0.2, 0.25) is 0 Å². The first-order chi connectivity index (χ1) is 19.8. The number of aromatic nitrogens is 1. The maximum absolute atomic E-state index is 13.7. The highest BCUT2D eigenvalue weighted by Crippen LogP contribution is 2.45. The number of benzene rings is 3. The molecule has 1 amide bonds. The Morgan fingerprint density at radius 1 is 1.05 bits per heavy atom. The predicted octanol–water partition coefficient (Wildman–Crippen LogP) is 9.56. The molecule has 1 aliphatic carbocycles. The Labute approximate surface area is 250 Å². The maximum atomic E-state index is 13.7. The van der Waals surface area contributed by atoms with Gasteiger partial charge in [-0.15, -0.1) is 11.3 Å². The molecule has 0 aliphatic heterocycles. The Hall–Kier alpha value is -3.67. The summed E-state index contributed by atoms with van der Waals surface area (Å²) in [4.78, 5) is 20.0. The Morgan fingerprint density at radius 2 is 1.78 bits per heavy atom. The first kappa shape index (κ1) is 27.5. The molecule has 6 rings (SSSR count). The van der Waals surface area contributed by atoms with Crippen LogP contribution in [0.25, 0.3) is 10.9 Å². The molecule has 0 bridgehead atoms. The zero-order chi connectivity index (χ0) is 28.6. The SMILES string of the molecule is CC(C)(C)[C@@H]1CCc2c(sc(N=Cc3cn(Cc4ccc(Cl)cc4)c4ccccc34)c2C(=O)Nc2ccccc2)C1. The molecule has 0 spiro atoms. The normalized spacial score (nSPS) is 15.4. The van der Waals surface area contributed by atoms with Crippen LogP contribution >= 0.6 is 22.9 Å². The lowest BCUT2D eigenvalue weighted by molar-refractivity contribution is 0.102. The minimum absolute atomic E-state index is 0.0831. The van der Waals surface area contributed by atoms with Crippen molar-refractivity contribution < 1.29 is 4.79 Å². The summed E-state index contributed by atoms with van der Waals surface area (Å²) in [6.45, 7) is 7.69. The molecule has 0 saturated heterocycles. The molecule has 1 aliphatic rings. The number of fused-ring (bicyclic) bond motifs is 2. The Bertz CT molecular complexity index is 1730. The van der Waals surface area contributed by atoms with Crippen molar-refractivity contribution in [2.24, 2.45) is 16.3 Å². The van der Waals surface area contributed by atoms with Crippen molar-refractivity contribution >= 4 is 56.7 Å². The van der Waals surface area contributed by atoms with Crippen LogP contribution in [0.4, 0.5) is 10.7 Å². The van der Waals surface area contributed by atoms with Crippen molar-refractivity contribution in [1.82, 2.24) is 4.57 Å². The van der Waals surface area contributed by atoms with Crippen LogP contribution in [0.2, 0.25) is 5.02 Å². The summed E-state index contributed by atoms with van der Waals surface area (Å²) < 4.78 is 2.25. The van der Waals surface area contributed by atoms with Gasteiger partial charge in [-0.1, -0.05) is 80.9 Å². The fraction of sp³-hybridized carbons (Fsp3) is 0.257. The fourth-order valence-electron chi connectivity index (χ4n) is 5.77. The van der Waals surface area contributed by atoms with Gasteiger partial charge >= 0.3 is 0 Å². The molecule has 208 valence electrons. The van der Waals surface area contributed by atoms with Gasteiger partial charge in [-0.2, -0.15) is 0 Å². The molecule has 1 N–H and O–H groups in total. The van der Waals surface area contributed by atoms with Gasteiger partial charge in [0.25, 0.3) is 5.91 Å². The van der Waals surface area contributed by atoms with Crippen molar-refractivity contribution in [3.8, 4) is 0 Å². The molecule has 0 fully saturated rings. The van der Waals surface area contributed by atoms with Crippen LogP contribution < -0.4 is 5.32 Å². The second-order valence-electron chi connectivity index (χ2n) is 11.9. The summed E-state index contributed by atoms with van der Waals surface area (Å²) >= 11 is 7.79. The molecule has 0 saturated carbocycles. The summed E-state index contributed by atoms with van der Waals surface area (Å²) in [5, 5.41) is 5.77. The van der Waals surface area contributed by atoms with E-state index in [2.05, 4.69) is 73.3 Å². The van der Waals surface area contributed by atoms with E-state index in [1.54, 1.807) is 11.3 Å². The number of hydrogen-bond acceptors (Lipinski definition) is 3. The van der Waals surface area contributed by atoms with Gasteiger partial charge in [0.05, 0.1) is 5.56 Å². The predicted molar refractivity (Wildman–Crippen MR) is 173 cm³/mol. The zero-order valence-electron chi connectivity index (χ0n) is 23.7. The quantitative estimate of drug-likeness (QED) is 0.200. The topological polar surface area (TPSA) is 46.4 Å². The third kappa shape index (κ3) is 5.88. The summed E-state index contributed by atoms with van der Waals surface area (Å²) in [5.74, 6) is 0.501. The zero-order valence-corrected chi connectivity index (χ0v) is 25.2. The van der Waals surface area contributed by atoms with E-state index in [-0.39, 0.29) is 11.3 Å². The molecule has 0 radical (unpaired) electrons. The van der Waals surface area contributed by atoms with Crippen LogP contribution in [0.5, 0.6) is 0 Å². The number of nitrogens with zero attached hydrogens (tertiary/aromatic N) is 2. The van der Waals surface area contributed by atoms with Crippen molar-refractivity contribution in [2.75, 3.05) is 5.32 Å². The molecule has 0 unspecified atom stereocenters. The largest absolute Gasteiger partial charge is 0.342 e. The second kappa shape index (κ2) is 11.3. The Morgan fingerprint density at radius 3 is 2.54 bits per heavy atom. The van der Waals surface area contributed by atoms with Crippen LogP contribution in [0.3, 0.4) is 0 Å². The number of anilines is 1. The minimum atomic E-state index is -0.0831. The molecule has 2 aromatic heterocycles. The molecular formula is C35H34ClN3OS.